The van der Waals surface area contributed by atoms with E-state index >= 15 is 0 Å². The molecular weight excluding hydrogens is 294 g/mol. The summed E-state index contributed by atoms with van der Waals surface area (Å²) in [5, 5.41) is -0.247. The molecule has 1 fully saturated rings. The topological polar surface area (TPSA) is 72.9 Å². The van der Waals surface area contributed by atoms with Crippen molar-refractivity contribution in [1.82, 2.24) is 4.90 Å². The molecule has 0 aromatic heterocycles. The molecule has 6 nitrogen and oxygen atoms in total. The highest BCUT2D eigenvalue weighted by molar-refractivity contribution is 8.00. The molecule has 1 aromatic carbocycles. The zero-order chi connectivity index (χ0) is 15.4. The van der Waals surface area contributed by atoms with E-state index < -0.39 is 11.9 Å². The number of hydrogen-bond donors (Lipinski definition) is 0. The predicted octanol–water partition coefficient (Wildman–Crippen LogP) is 1.22. The Morgan fingerprint density at radius 3 is 2.48 bits per heavy atom. The van der Waals surface area contributed by atoms with Gasteiger partial charge in [0.2, 0.25) is 5.91 Å². The average Bonchev–Trinajstić information content (AvgIpc) is 2.87. The van der Waals surface area contributed by atoms with Crippen LogP contribution in [0, 0.1) is 0 Å². The Morgan fingerprint density at radius 1 is 1.24 bits per heavy atom. The summed E-state index contributed by atoms with van der Waals surface area (Å²) in [4.78, 5) is 36.1. The number of carbonyl (C=O) groups is 3. The van der Waals surface area contributed by atoms with Gasteiger partial charge in [-0.25, -0.2) is 4.79 Å². The second kappa shape index (κ2) is 6.62. The van der Waals surface area contributed by atoms with Gasteiger partial charge in [-0.2, -0.15) is 0 Å². The molecule has 1 aromatic rings. The quantitative estimate of drug-likeness (QED) is 0.779. The molecule has 2 rings (SSSR count). The van der Waals surface area contributed by atoms with Crippen LogP contribution in [-0.4, -0.2) is 49.3 Å². The smallest absolute Gasteiger partial charge is 0.337 e. The van der Waals surface area contributed by atoms with Gasteiger partial charge in [-0.1, -0.05) is 12.1 Å². The van der Waals surface area contributed by atoms with Crippen LogP contribution < -0.4 is 0 Å². The second-order valence-corrected chi connectivity index (χ2v) is 5.44. The Hall–Kier alpha value is -2.02. The van der Waals surface area contributed by atoms with Crippen LogP contribution in [0.2, 0.25) is 0 Å². The van der Waals surface area contributed by atoms with Crippen molar-refractivity contribution in [2.45, 2.75) is 5.37 Å². The fourth-order valence-corrected chi connectivity index (χ4v) is 3.19. The maximum absolute atomic E-state index is 11.9. The first kappa shape index (κ1) is 15.4. The molecule has 0 radical (unpaired) electrons. The first-order valence-corrected chi connectivity index (χ1v) is 7.28. The van der Waals surface area contributed by atoms with E-state index in [0.29, 0.717) is 11.3 Å². The largest absolute Gasteiger partial charge is 0.468 e. The lowest BCUT2D eigenvalue weighted by atomic mass is 10.1. The molecule has 1 heterocycles. The van der Waals surface area contributed by atoms with Gasteiger partial charge in [0.1, 0.15) is 11.9 Å². The molecule has 1 unspecified atom stereocenters. The van der Waals surface area contributed by atoms with E-state index in [2.05, 4.69) is 9.47 Å². The third-order valence-electron chi connectivity index (χ3n) is 3.11. The van der Waals surface area contributed by atoms with E-state index in [1.54, 1.807) is 24.3 Å². The first-order chi connectivity index (χ1) is 10.1. The molecule has 0 spiro atoms. The summed E-state index contributed by atoms with van der Waals surface area (Å²) in [6.07, 6.45) is 0. The van der Waals surface area contributed by atoms with Crippen LogP contribution in [0.1, 0.15) is 21.3 Å². The summed E-state index contributed by atoms with van der Waals surface area (Å²) in [6, 6.07) is 6.79. The monoisotopic (exact) mass is 309 g/mol. The number of hydrogen-bond acceptors (Lipinski definition) is 6. The van der Waals surface area contributed by atoms with Gasteiger partial charge in [0.05, 0.1) is 25.5 Å². The summed E-state index contributed by atoms with van der Waals surface area (Å²) in [6.45, 7) is -0.0776. The highest BCUT2D eigenvalue weighted by atomic mass is 32.2. The molecule has 21 heavy (non-hydrogen) atoms. The van der Waals surface area contributed by atoms with Gasteiger partial charge in [0.15, 0.2) is 0 Å². The lowest BCUT2D eigenvalue weighted by Gasteiger charge is -2.23. The van der Waals surface area contributed by atoms with E-state index in [1.807, 2.05) is 0 Å². The van der Waals surface area contributed by atoms with Gasteiger partial charge in [-0.3, -0.25) is 9.59 Å². The van der Waals surface area contributed by atoms with Crippen molar-refractivity contribution in [3.05, 3.63) is 35.4 Å². The summed E-state index contributed by atoms with van der Waals surface area (Å²) in [5.74, 6) is -0.655. The summed E-state index contributed by atoms with van der Waals surface area (Å²) < 4.78 is 9.24. The molecule has 112 valence electrons. The standard InChI is InChI=1S/C14H15NO5S/c1-19-12(17)7-15-11(16)8-21-13(15)9-3-5-10(6-4-9)14(18)20-2/h3-6,13H,7-8H2,1-2H3. The van der Waals surface area contributed by atoms with Crippen LogP contribution in [-0.2, 0) is 19.1 Å². The third kappa shape index (κ3) is 3.36. The van der Waals surface area contributed by atoms with Gasteiger partial charge < -0.3 is 14.4 Å². The number of esters is 2. The van der Waals surface area contributed by atoms with E-state index in [4.69, 9.17) is 0 Å². The maximum Gasteiger partial charge on any atom is 0.337 e. The van der Waals surface area contributed by atoms with Crippen molar-refractivity contribution in [1.29, 1.82) is 0 Å². The van der Waals surface area contributed by atoms with E-state index in [0.717, 1.165) is 5.56 Å². The molecule has 0 bridgehead atoms. The van der Waals surface area contributed by atoms with E-state index in [1.165, 1.54) is 30.9 Å². The molecule has 0 aliphatic carbocycles. The number of nitrogens with zero attached hydrogens (tertiary/aromatic N) is 1. The molecule has 1 saturated heterocycles. The fourth-order valence-electron chi connectivity index (χ4n) is 2.01. The normalized spacial score (nSPS) is 17.7. The zero-order valence-electron chi connectivity index (χ0n) is 11.7. The maximum atomic E-state index is 11.9. The van der Waals surface area contributed by atoms with Gasteiger partial charge >= 0.3 is 11.9 Å². The van der Waals surface area contributed by atoms with E-state index in [-0.39, 0.29) is 17.8 Å². The highest BCUT2D eigenvalue weighted by Gasteiger charge is 2.34. The molecule has 0 N–H and O–H groups in total. The summed E-state index contributed by atoms with van der Waals surface area (Å²) in [7, 11) is 2.61. The molecule has 1 atom stereocenters. The lowest BCUT2D eigenvalue weighted by molar-refractivity contribution is -0.146. The predicted molar refractivity (Wildman–Crippen MR) is 76.7 cm³/mol. The van der Waals surface area contributed by atoms with Crippen molar-refractivity contribution in [3.63, 3.8) is 0 Å². The van der Waals surface area contributed by atoms with Crippen LogP contribution in [0.25, 0.3) is 0 Å². The van der Waals surface area contributed by atoms with Crippen molar-refractivity contribution >= 4 is 29.6 Å². The van der Waals surface area contributed by atoms with Crippen molar-refractivity contribution in [3.8, 4) is 0 Å². The van der Waals surface area contributed by atoms with Gasteiger partial charge in [-0.05, 0) is 17.7 Å². The molecule has 1 aliphatic rings. The van der Waals surface area contributed by atoms with E-state index in [9.17, 15) is 14.4 Å². The number of carbonyl (C=O) groups excluding carboxylic acids is 3. The SMILES string of the molecule is COC(=O)CN1C(=O)CSC1c1ccc(C(=O)OC)cc1. The second-order valence-electron chi connectivity index (χ2n) is 4.37. The highest BCUT2D eigenvalue weighted by Crippen LogP contribution is 2.38. The number of thioether (sulfide) groups is 1. The van der Waals surface area contributed by atoms with Crippen molar-refractivity contribution < 1.29 is 23.9 Å². The fraction of sp³-hybridized carbons (Fsp3) is 0.357. The van der Waals surface area contributed by atoms with Gasteiger partial charge in [-0.15, -0.1) is 11.8 Å². The molecule has 1 aliphatic heterocycles. The van der Waals surface area contributed by atoms with Crippen molar-refractivity contribution in [2.24, 2.45) is 0 Å². The Labute approximate surface area is 126 Å². The minimum absolute atomic E-state index is 0.0776. The number of benzene rings is 1. The number of rotatable bonds is 4. The minimum Gasteiger partial charge on any atom is -0.468 e. The van der Waals surface area contributed by atoms with Crippen LogP contribution in [0.4, 0.5) is 0 Å². The lowest BCUT2D eigenvalue weighted by Crippen LogP contribution is -2.34. The van der Waals surface area contributed by atoms with Crippen LogP contribution >= 0.6 is 11.8 Å². The average molecular weight is 309 g/mol. The minimum atomic E-state index is -0.456. The molecule has 7 heteroatoms. The Kier molecular flexibility index (Phi) is 4.85. The number of methoxy groups -OCH3 is 2. The van der Waals surface area contributed by atoms with Gasteiger partial charge in [0.25, 0.3) is 0 Å². The van der Waals surface area contributed by atoms with Crippen LogP contribution in [0.3, 0.4) is 0 Å². The first-order valence-electron chi connectivity index (χ1n) is 6.23. The Balaban J connectivity index is 2.17. The van der Waals surface area contributed by atoms with Crippen LogP contribution in [0.5, 0.6) is 0 Å². The summed E-state index contributed by atoms with van der Waals surface area (Å²) in [5.41, 5.74) is 1.29. The Morgan fingerprint density at radius 2 is 1.90 bits per heavy atom. The molecular formula is C14H15NO5S. The number of ether oxygens (including phenoxy) is 2. The molecule has 1 amide bonds. The van der Waals surface area contributed by atoms with Gasteiger partial charge in [0, 0.05) is 0 Å². The Bertz CT molecular complexity index is 557. The third-order valence-corrected chi connectivity index (χ3v) is 4.37. The zero-order valence-corrected chi connectivity index (χ0v) is 12.5. The van der Waals surface area contributed by atoms with Crippen molar-refractivity contribution in [2.75, 3.05) is 26.5 Å². The number of amides is 1. The molecule has 0 saturated carbocycles. The van der Waals surface area contributed by atoms with Crippen LogP contribution in [0.15, 0.2) is 24.3 Å². The summed E-state index contributed by atoms with van der Waals surface area (Å²) >= 11 is 1.44.